The second kappa shape index (κ2) is 83.4. The van der Waals surface area contributed by atoms with Crippen molar-refractivity contribution in [3.63, 3.8) is 0 Å². The van der Waals surface area contributed by atoms with Crippen molar-refractivity contribution in [2.24, 2.45) is 0 Å². The Balaban J connectivity index is 2.43. The monoisotopic (exact) mass is 1930 g/mol. The normalized spacial score (nSPS) is 11.7. The number of fused-ring (bicyclic) bond motifs is 3. The van der Waals surface area contributed by atoms with Gasteiger partial charge in [0.2, 0.25) is 17.2 Å². The zero-order valence-corrected chi connectivity index (χ0v) is 89.5. The smallest absolute Gasteiger partial charge is 0.311 e. The molecule has 0 heterocycles. The van der Waals surface area contributed by atoms with Crippen LogP contribution in [0.4, 0.5) is 0 Å². The fourth-order valence-electron chi connectivity index (χ4n) is 18.7. The summed E-state index contributed by atoms with van der Waals surface area (Å²) in [6, 6.07) is 4.87. The van der Waals surface area contributed by atoms with E-state index in [4.69, 9.17) is 42.6 Å². The first kappa shape index (κ1) is 123. The third-order valence-electron chi connectivity index (χ3n) is 27.4. The van der Waals surface area contributed by atoms with Gasteiger partial charge in [-0.1, -0.05) is 467 Å². The molecule has 1 aliphatic carbocycles. The molecule has 0 amide bonds. The van der Waals surface area contributed by atoms with Gasteiger partial charge in [0.1, 0.15) is 0 Å². The Morgan fingerprint density at radius 1 is 0.152 bits per heavy atom. The Bertz CT molecular complexity index is 3380. The van der Waals surface area contributed by atoms with Crippen LogP contribution in [0.25, 0.3) is 0 Å². The van der Waals surface area contributed by atoms with Gasteiger partial charge >= 0.3 is 53.7 Å². The predicted octanol–water partition coefficient (Wildman–Crippen LogP) is 35.7. The number of ether oxygens (including phenoxy) is 9. The topological polar surface area (TPSA) is 237 Å². The number of rotatable bonds is 90. The highest BCUT2D eigenvalue weighted by Gasteiger charge is 2.37. The number of carbonyl (C=O) groups excluding carboxylic acids is 9. The van der Waals surface area contributed by atoms with Crippen LogP contribution in [0.2, 0.25) is 0 Å². The standard InChI is InChI=1S/C120H198O18/c1-10-19-28-37-46-55-64-73-82-106(121)130-103-94-97-91-101-99(96-105(132-108(123)84-75-66-57-48-39-30-21-12-3)119(137-113(128)89-80-71-62-53-44-35-26-17-8)116(101)134-110(125)86-77-68-59-50-41-32-23-14-5)93-102-98(92-100(97)115(133-109(124)85-76-67-58-49-40-31-22-13-4)118(103)136-112(127)88-79-70-61-52-43-34-25-16-7)95-104(131-107(122)83-74-65-56-47-38-29-20-11-2)120(138-114(129)90-81-72-63-54-45-36-27-18-9)117(102)135-111(126)87-78-69-60-51-42-33-24-15-6/h94-96H,10-93H2,1-9H3. The summed E-state index contributed by atoms with van der Waals surface area (Å²) in [4.78, 5) is 137. The van der Waals surface area contributed by atoms with Crippen molar-refractivity contribution in [1.82, 2.24) is 0 Å². The lowest BCUT2D eigenvalue weighted by Crippen LogP contribution is -2.18. The number of hydrogen-bond donors (Lipinski definition) is 0. The van der Waals surface area contributed by atoms with Crippen LogP contribution < -0.4 is 42.6 Å². The fraction of sp³-hybridized carbons (Fsp3) is 0.775. The SMILES string of the molecule is CCCCCCCCCCC(=O)Oc1cc2c(c(OC(=O)CCCCCCCCCC)c1OC(=O)CCCCCCCCCC)Cc1cc(OC(=O)CCCCCCCCCC)c(OC(=O)CCCCCCCCCC)c(OC(=O)CCCCCCCCCC)c1Cc1cc(OC(=O)CCCCCCCCCC)c(OC(=O)CCCCCCCCCC)c(OC(=O)CCCCCCCCCC)c1C2. The number of unbranched alkanes of at least 4 members (excludes halogenated alkanes) is 63. The van der Waals surface area contributed by atoms with Gasteiger partial charge in [0.05, 0.1) is 0 Å². The van der Waals surface area contributed by atoms with Crippen LogP contribution >= 0.6 is 0 Å². The molecule has 0 aromatic heterocycles. The summed E-state index contributed by atoms with van der Waals surface area (Å²) in [5.41, 5.74) is 1.62. The van der Waals surface area contributed by atoms with Gasteiger partial charge < -0.3 is 42.6 Å². The molecule has 0 saturated carbocycles. The fourth-order valence-corrected chi connectivity index (χ4v) is 18.7. The molecule has 0 saturated heterocycles. The van der Waals surface area contributed by atoms with Crippen molar-refractivity contribution in [2.45, 2.75) is 602 Å². The molecule has 0 spiro atoms. The zero-order chi connectivity index (χ0) is 99.7. The first-order valence-corrected chi connectivity index (χ1v) is 57.9. The zero-order valence-electron chi connectivity index (χ0n) is 89.5. The molecule has 0 N–H and O–H groups in total. The summed E-state index contributed by atoms with van der Waals surface area (Å²) >= 11 is 0. The molecular weight excluding hydrogens is 1730 g/mol. The van der Waals surface area contributed by atoms with Crippen LogP contribution in [-0.2, 0) is 62.4 Å². The Hall–Kier alpha value is -7.11. The first-order valence-electron chi connectivity index (χ1n) is 57.9. The average Bonchev–Trinajstić information content (AvgIpc) is 1.39. The van der Waals surface area contributed by atoms with Crippen LogP contribution in [0.15, 0.2) is 18.2 Å². The van der Waals surface area contributed by atoms with Crippen molar-refractivity contribution in [1.29, 1.82) is 0 Å². The van der Waals surface area contributed by atoms with E-state index in [2.05, 4.69) is 62.3 Å². The van der Waals surface area contributed by atoms with Crippen molar-refractivity contribution in [3.8, 4) is 51.7 Å². The summed E-state index contributed by atoms with van der Waals surface area (Å²) in [5.74, 6) is -8.02. The summed E-state index contributed by atoms with van der Waals surface area (Å²) in [7, 11) is 0. The first-order chi connectivity index (χ1) is 67.5. The van der Waals surface area contributed by atoms with Gasteiger partial charge in [-0.25, -0.2) is 0 Å². The Morgan fingerprint density at radius 2 is 0.261 bits per heavy atom. The molecule has 0 atom stereocenters. The molecule has 18 heteroatoms. The lowest BCUT2D eigenvalue weighted by molar-refractivity contribution is -0.138. The van der Waals surface area contributed by atoms with Crippen LogP contribution in [0.1, 0.15) is 616 Å². The van der Waals surface area contributed by atoms with Gasteiger partial charge in [-0.05, 0) is 92.7 Å². The predicted molar refractivity (Wildman–Crippen MR) is 564 cm³/mol. The lowest BCUT2D eigenvalue weighted by Gasteiger charge is -2.23. The molecule has 0 bridgehead atoms. The summed E-state index contributed by atoms with van der Waals surface area (Å²) in [6.45, 7) is 19.8. The minimum atomic E-state index is -0.656. The van der Waals surface area contributed by atoms with E-state index in [1.165, 1.54) is 0 Å². The van der Waals surface area contributed by atoms with Gasteiger partial charge in [0.15, 0.2) is 34.5 Å². The van der Waals surface area contributed by atoms with Gasteiger partial charge in [-0.2, -0.15) is 0 Å². The second-order valence-electron chi connectivity index (χ2n) is 40.3. The summed E-state index contributed by atoms with van der Waals surface area (Å²) in [5, 5.41) is 0. The third kappa shape index (κ3) is 57.9. The average molecular weight is 1930 g/mol. The number of hydrogen-bond acceptors (Lipinski definition) is 18. The minimum Gasteiger partial charge on any atom is -0.422 e. The van der Waals surface area contributed by atoms with Crippen LogP contribution in [0.3, 0.4) is 0 Å². The quantitative estimate of drug-likeness (QED) is 0.0227. The number of benzene rings is 3. The molecular formula is C120H198O18. The molecule has 0 unspecified atom stereocenters. The van der Waals surface area contributed by atoms with Gasteiger partial charge in [-0.15, -0.1) is 0 Å². The van der Waals surface area contributed by atoms with Crippen LogP contribution in [0.5, 0.6) is 51.7 Å². The minimum absolute atomic E-state index is 0.00176. The number of carbonyl (C=O) groups is 9. The van der Waals surface area contributed by atoms with E-state index in [0.29, 0.717) is 74.5 Å². The van der Waals surface area contributed by atoms with E-state index >= 15 is 43.2 Å². The summed E-state index contributed by atoms with van der Waals surface area (Å²) in [6.07, 6.45) is 67.8. The van der Waals surface area contributed by atoms with Gasteiger partial charge in [-0.3, -0.25) is 43.2 Å². The second-order valence-corrected chi connectivity index (χ2v) is 40.3. The van der Waals surface area contributed by atoms with Gasteiger partial charge in [0.25, 0.3) is 0 Å². The molecule has 18 nitrogen and oxygen atoms in total. The molecule has 1 aliphatic rings. The maximum absolute atomic E-state index is 15.5. The van der Waals surface area contributed by atoms with Crippen LogP contribution in [0, 0.1) is 0 Å². The molecule has 3 aromatic rings. The lowest BCUT2D eigenvalue weighted by atomic mass is 9.92. The van der Waals surface area contributed by atoms with E-state index in [1.54, 1.807) is 18.2 Å². The van der Waals surface area contributed by atoms with Crippen molar-refractivity contribution in [3.05, 3.63) is 51.6 Å². The maximum Gasteiger partial charge on any atom is 0.311 e. The van der Waals surface area contributed by atoms with E-state index in [0.717, 1.165) is 405 Å². The highest BCUT2D eigenvalue weighted by atomic mass is 16.6. The summed E-state index contributed by atoms with van der Waals surface area (Å²) < 4.78 is 61.0. The largest absolute Gasteiger partial charge is 0.422 e. The van der Waals surface area contributed by atoms with E-state index < -0.39 is 53.7 Å². The van der Waals surface area contributed by atoms with E-state index in [9.17, 15) is 0 Å². The molecule has 3 aromatic carbocycles. The van der Waals surface area contributed by atoms with Gasteiger partial charge in [0, 0.05) is 93.7 Å². The van der Waals surface area contributed by atoms with Crippen molar-refractivity contribution < 1.29 is 85.8 Å². The molecule has 138 heavy (non-hydrogen) atoms. The van der Waals surface area contributed by atoms with Crippen molar-refractivity contribution in [2.75, 3.05) is 0 Å². The molecule has 4 rings (SSSR count). The third-order valence-corrected chi connectivity index (χ3v) is 27.4. The molecule has 0 radical (unpaired) electrons. The molecule has 0 aliphatic heterocycles. The highest BCUT2D eigenvalue weighted by Crippen LogP contribution is 2.53. The van der Waals surface area contributed by atoms with Crippen molar-refractivity contribution >= 4 is 53.7 Å². The Labute approximate surface area is 839 Å². The van der Waals surface area contributed by atoms with E-state index in [1.807, 2.05) is 0 Å². The highest BCUT2D eigenvalue weighted by molar-refractivity contribution is 5.86. The van der Waals surface area contributed by atoms with Crippen LogP contribution in [-0.4, -0.2) is 53.7 Å². The molecule has 786 valence electrons. The van der Waals surface area contributed by atoms with E-state index in [-0.39, 0.29) is 145 Å². The number of esters is 9. The maximum atomic E-state index is 15.5. The molecule has 0 fully saturated rings. The Kier molecular flexibility index (Phi) is 74.4. The Morgan fingerprint density at radius 3 is 0.391 bits per heavy atom.